The average Bonchev–Trinajstić information content (AvgIpc) is 1.27. The van der Waals surface area contributed by atoms with Crippen LogP contribution in [0.3, 0.4) is 0 Å². The standard InChI is InChI=1S/C6H16Ge.2H/c1-5(2)7-6(3)4;;/h5-6H,7H2,1-4H3;;/q;2*-1. The Bertz CT molecular complexity index is 40.3. The van der Waals surface area contributed by atoms with Crippen molar-refractivity contribution in [3.05, 3.63) is 0 Å². The van der Waals surface area contributed by atoms with Crippen molar-refractivity contribution in [2.75, 3.05) is 0 Å². The third-order valence-electron chi connectivity index (χ3n) is 0.943. The zero-order chi connectivity index (χ0) is 5.86. The minimum atomic E-state index is -0.0972. The van der Waals surface area contributed by atoms with Crippen molar-refractivity contribution in [2.24, 2.45) is 0 Å². The topological polar surface area (TPSA) is 0 Å². The molecule has 0 saturated carbocycles. The van der Waals surface area contributed by atoms with E-state index in [4.69, 9.17) is 0 Å². The molecular weight excluding hydrogens is 145 g/mol. The minimum absolute atomic E-state index is 0. The third kappa shape index (κ3) is 6.54. The minimum Gasteiger partial charge on any atom is -1.00 e. The number of hydrogen-bond acceptors (Lipinski definition) is 0. The molecule has 0 atom stereocenters. The van der Waals surface area contributed by atoms with Crippen LogP contribution in [0.4, 0.5) is 0 Å². The molecule has 0 heterocycles. The van der Waals surface area contributed by atoms with Gasteiger partial charge in [-0.1, -0.05) is 0 Å². The van der Waals surface area contributed by atoms with E-state index in [2.05, 4.69) is 27.7 Å². The van der Waals surface area contributed by atoms with Crippen molar-refractivity contribution in [1.29, 1.82) is 0 Å². The number of hydrogen-bond donors (Lipinski definition) is 0. The van der Waals surface area contributed by atoms with E-state index in [1.807, 2.05) is 0 Å². The van der Waals surface area contributed by atoms with Gasteiger partial charge in [-0.3, -0.25) is 0 Å². The van der Waals surface area contributed by atoms with E-state index in [0.29, 0.717) is 0 Å². The van der Waals surface area contributed by atoms with Gasteiger partial charge in [-0.25, -0.2) is 0 Å². The van der Waals surface area contributed by atoms with Crippen molar-refractivity contribution in [3.8, 4) is 0 Å². The summed E-state index contributed by atoms with van der Waals surface area (Å²) in [5.41, 5.74) is 0. The summed E-state index contributed by atoms with van der Waals surface area (Å²) < 4.78 is 2.12. The molecule has 0 nitrogen and oxygen atoms in total. The fourth-order valence-corrected chi connectivity index (χ4v) is 4.90. The van der Waals surface area contributed by atoms with E-state index in [9.17, 15) is 0 Å². The van der Waals surface area contributed by atoms with Crippen LogP contribution in [0, 0.1) is 0 Å². The van der Waals surface area contributed by atoms with E-state index in [1.165, 1.54) is 0 Å². The van der Waals surface area contributed by atoms with Crippen LogP contribution in [0.25, 0.3) is 0 Å². The van der Waals surface area contributed by atoms with Crippen LogP contribution in [-0.4, -0.2) is 15.4 Å². The molecule has 0 radical (unpaired) electrons. The molecule has 0 aliphatic rings. The van der Waals surface area contributed by atoms with Crippen LogP contribution in [0.5, 0.6) is 0 Å². The Morgan fingerprint density at radius 3 is 1.29 bits per heavy atom. The maximum atomic E-state index is 2.35. The summed E-state index contributed by atoms with van der Waals surface area (Å²) in [6.45, 7) is 9.39. The molecule has 48 valence electrons. The predicted octanol–water partition coefficient (Wildman–Crippen LogP) is 2.04. The molecule has 0 fully saturated rings. The summed E-state index contributed by atoms with van der Waals surface area (Å²) in [7, 11) is 0. The zero-order valence-corrected chi connectivity index (χ0v) is 8.83. The van der Waals surface area contributed by atoms with Gasteiger partial charge in [0.25, 0.3) is 0 Å². The second kappa shape index (κ2) is 3.53. The molecule has 0 saturated heterocycles. The Balaban J connectivity index is -0.000000180. The molecule has 0 aromatic rings. The Morgan fingerprint density at radius 2 is 1.29 bits per heavy atom. The molecule has 0 aliphatic carbocycles. The molecule has 0 bridgehead atoms. The van der Waals surface area contributed by atoms with Gasteiger partial charge in [0.05, 0.1) is 0 Å². The number of rotatable bonds is 2. The van der Waals surface area contributed by atoms with E-state index in [-0.39, 0.29) is 18.3 Å². The first-order valence-electron chi connectivity index (χ1n) is 3.13. The molecular formula is C6H18Ge-2. The molecule has 0 aromatic heterocycles. The summed E-state index contributed by atoms with van der Waals surface area (Å²) >= 11 is -0.0972. The van der Waals surface area contributed by atoms with Crippen molar-refractivity contribution >= 4 is 15.4 Å². The molecule has 0 aromatic carbocycles. The van der Waals surface area contributed by atoms with Gasteiger partial charge in [-0.05, 0) is 0 Å². The van der Waals surface area contributed by atoms with Crippen LogP contribution in [0.15, 0.2) is 0 Å². The van der Waals surface area contributed by atoms with Crippen molar-refractivity contribution in [2.45, 2.75) is 37.2 Å². The summed E-state index contributed by atoms with van der Waals surface area (Å²) in [5.74, 6) is 0. The van der Waals surface area contributed by atoms with Gasteiger partial charge in [0, 0.05) is 0 Å². The first-order valence-corrected chi connectivity index (χ1v) is 6.55. The fraction of sp³-hybridized carbons (Fsp3) is 1.00. The van der Waals surface area contributed by atoms with Crippen molar-refractivity contribution in [1.82, 2.24) is 0 Å². The van der Waals surface area contributed by atoms with Crippen LogP contribution >= 0.6 is 0 Å². The largest absolute Gasteiger partial charge is 1.00 e. The smallest absolute Gasteiger partial charge is 1.00 e. The molecule has 0 unspecified atom stereocenters. The summed E-state index contributed by atoms with van der Waals surface area (Å²) in [6, 6.07) is 0. The van der Waals surface area contributed by atoms with Crippen molar-refractivity contribution < 1.29 is 2.85 Å². The van der Waals surface area contributed by atoms with Crippen molar-refractivity contribution in [3.63, 3.8) is 0 Å². The van der Waals surface area contributed by atoms with Crippen LogP contribution in [0.1, 0.15) is 30.5 Å². The maximum absolute atomic E-state index is 2.35. The molecule has 0 N–H and O–H groups in total. The Kier molecular flexibility index (Phi) is 3.81. The Morgan fingerprint density at radius 1 is 1.00 bits per heavy atom. The first kappa shape index (κ1) is 7.54. The average molecular weight is 163 g/mol. The van der Waals surface area contributed by atoms with Gasteiger partial charge in [-0.15, -0.1) is 0 Å². The first-order chi connectivity index (χ1) is 3.13. The molecule has 1 heteroatoms. The molecule has 0 amide bonds. The van der Waals surface area contributed by atoms with Gasteiger partial charge >= 0.3 is 52.6 Å². The van der Waals surface area contributed by atoms with Gasteiger partial charge < -0.3 is 2.85 Å². The molecule has 0 aliphatic heterocycles. The maximum Gasteiger partial charge on any atom is -1.00 e. The van der Waals surface area contributed by atoms with Crippen LogP contribution < -0.4 is 0 Å². The Hall–Kier alpha value is 0.543. The zero-order valence-electron chi connectivity index (χ0n) is 7.86. The van der Waals surface area contributed by atoms with E-state index >= 15 is 0 Å². The second-order valence-corrected chi connectivity index (χ2v) is 10.9. The summed E-state index contributed by atoms with van der Waals surface area (Å²) in [5, 5.41) is 0. The van der Waals surface area contributed by atoms with Gasteiger partial charge in [0.2, 0.25) is 0 Å². The van der Waals surface area contributed by atoms with E-state index in [0.717, 1.165) is 9.50 Å². The molecule has 0 rings (SSSR count). The Labute approximate surface area is 56.1 Å². The van der Waals surface area contributed by atoms with Gasteiger partial charge in [0.15, 0.2) is 0 Å². The molecule has 0 spiro atoms. The van der Waals surface area contributed by atoms with Gasteiger partial charge in [-0.2, -0.15) is 0 Å². The predicted molar refractivity (Wildman–Crippen MR) is 41.0 cm³/mol. The normalized spacial score (nSPS) is 11.1. The monoisotopic (exact) mass is 164 g/mol. The third-order valence-corrected chi connectivity index (χ3v) is 4.90. The van der Waals surface area contributed by atoms with E-state index in [1.54, 1.807) is 0 Å². The van der Waals surface area contributed by atoms with E-state index < -0.39 is 0 Å². The molecule has 7 heavy (non-hydrogen) atoms. The van der Waals surface area contributed by atoms with Crippen LogP contribution in [-0.2, 0) is 0 Å². The SMILES string of the molecule is C[CH](C)[GeH2][CH](C)C.[H-].[H-]. The summed E-state index contributed by atoms with van der Waals surface area (Å²) in [6.07, 6.45) is 0. The van der Waals surface area contributed by atoms with Gasteiger partial charge in [0.1, 0.15) is 0 Å². The summed E-state index contributed by atoms with van der Waals surface area (Å²) in [4.78, 5) is 0. The quantitative estimate of drug-likeness (QED) is 0.546. The second-order valence-electron chi connectivity index (χ2n) is 3.02. The van der Waals surface area contributed by atoms with Crippen LogP contribution in [0.2, 0.25) is 9.50 Å². The fourth-order valence-electron chi connectivity index (χ4n) is 0.943.